The molecule has 0 amide bonds. The first-order valence-corrected chi connectivity index (χ1v) is 7.24. The van der Waals surface area contributed by atoms with Crippen LogP contribution in [0, 0.1) is 0 Å². The Hall–Kier alpha value is -0.900. The smallest absolute Gasteiger partial charge is 0.102 e. The molecule has 0 heterocycles. The van der Waals surface area contributed by atoms with Crippen LogP contribution in [0.5, 0.6) is 0 Å². The third-order valence-electron chi connectivity index (χ3n) is 2.89. The number of rotatable bonds is 8. The number of nitrogens with zero attached hydrogens (tertiary/aromatic N) is 1. The summed E-state index contributed by atoms with van der Waals surface area (Å²) in [4.78, 5) is 2.13. The van der Waals surface area contributed by atoms with Crippen LogP contribution in [0.3, 0.4) is 0 Å². The first-order chi connectivity index (χ1) is 9.08. The van der Waals surface area contributed by atoms with E-state index in [0.29, 0.717) is 18.2 Å². The third-order valence-corrected chi connectivity index (χ3v) is 3.23. The van der Waals surface area contributed by atoms with Gasteiger partial charge in [0.05, 0.1) is 6.04 Å². The van der Waals surface area contributed by atoms with Crippen molar-refractivity contribution < 1.29 is 5.11 Å². The first kappa shape index (κ1) is 16.2. The van der Waals surface area contributed by atoms with Crippen molar-refractivity contribution in [1.29, 1.82) is 0 Å². The first-order valence-electron chi connectivity index (χ1n) is 6.17. The molecular formula is C14H20Cl2N2O. The topological polar surface area (TPSA) is 49.5 Å². The molecule has 0 spiro atoms. The molecule has 0 bridgehead atoms. The Bertz CT molecular complexity index is 389. The molecule has 0 aliphatic carbocycles. The highest BCUT2D eigenvalue weighted by Gasteiger charge is 2.08. The van der Waals surface area contributed by atoms with Crippen LogP contribution in [0.15, 0.2) is 36.6 Å². The van der Waals surface area contributed by atoms with Crippen molar-refractivity contribution in [2.45, 2.75) is 12.5 Å². The van der Waals surface area contributed by atoms with Gasteiger partial charge in [0, 0.05) is 30.5 Å². The number of aliphatic hydroxyl groups excluding tert-OH is 1. The summed E-state index contributed by atoms with van der Waals surface area (Å²) in [5.41, 5.74) is 7.89. The Kier molecular flexibility index (Phi) is 7.06. The lowest BCUT2D eigenvalue weighted by molar-refractivity contribution is 0.368. The van der Waals surface area contributed by atoms with Crippen LogP contribution in [0.4, 0.5) is 5.69 Å². The molecule has 0 radical (unpaired) electrons. The molecule has 1 rings (SSSR count). The summed E-state index contributed by atoms with van der Waals surface area (Å²) in [6.07, 6.45) is 0.570. The van der Waals surface area contributed by atoms with Gasteiger partial charge in [-0.15, -0.1) is 23.2 Å². The quantitative estimate of drug-likeness (QED) is 0.573. The predicted molar refractivity (Wildman–Crippen MR) is 83.5 cm³/mol. The van der Waals surface area contributed by atoms with Gasteiger partial charge in [-0.25, -0.2) is 0 Å². The number of hydrogen-bond donors (Lipinski definition) is 2. The van der Waals surface area contributed by atoms with E-state index in [2.05, 4.69) is 11.5 Å². The molecule has 0 saturated carbocycles. The summed E-state index contributed by atoms with van der Waals surface area (Å²) in [7, 11) is 0. The molecular weight excluding hydrogens is 283 g/mol. The molecule has 0 unspecified atom stereocenters. The van der Waals surface area contributed by atoms with E-state index in [4.69, 9.17) is 28.9 Å². The Morgan fingerprint density at radius 3 is 2.16 bits per heavy atom. The molecule has 0 saturated heterocycles. The number of aliphatic hydroxyl groups is 1. The molecule has 1 atom stereocenters. The zero-order valence-electron chi connectivity index (χ0n) is 10.9. The Labute approximate surface area is 124 Å². The molecule has 106 valence electrons. The van der Waals surface area contributed by atoms with Gasteiger partial charge in [-0.1, -0.05) is 18.7 Å². The molecule has 1 aromatic carbocycles. The van der Waals surface area contributed by atoms with Gasteiger partial charge in [-0.3, -0.25) is 0 Å². The Morgan fingerprint density at radius 2 is 1.74 bits per heavy atom. The van der Waals surface area contributed by atoms with Crippen LogP contribution in [0.2, 0.25) is 0 Å². The lowest BCUT2D eigenvalue weighted by atomic mass is 10.1. The monoisotopic (exact) mass is 302 g/mol. The number of anilines is 1. The van der Waals surface area contributed by atoms with E-state index in [9.17, 15) is 5.11 Å². The lowest BCUT2D eigenvalue weighted by Gasteiger charge is -2.23. The standard InChI is InChI=1S/C14H20Cl2N2O/c1-11(19)14(17)10-12-2-4-13(5-3-12)18(8-6-15)9-7-16/h2-5,14,19H,1,6-10,17H2/t14-/m0/s1. The van der Waals surface area contributed by atoms with Crippen molar-refractivity contribution in [3.63, 3.8) is 0 Å². The fraction of sp³-hybridized carbons (Fsp3) is 0.429. The van der Waals surface area contributed by atoms with Crippen molar-refractivity contribution >= 4 is 28.9 Å². The summed E-state index contributed by atoms with van der Waals surface area (Å²) in [5, 5.41) is 9.21. The average Bonchev–Trinajstić information content (AvgIpc) is 2.39. The summed E-state index contributed by atoms with van der Waals surface area (Å²) in [6.45, 7) is 4.97. The van der Waals surface area contributed by atoms with E-state index in [1.165, 1.54) is 0 Å². The van der Waals surface area contributed by atoms with E-state index in [1.54, 1.807) is 0 Å². The highest BCUT2D eigenvalue weighted by molar-refractivity contribution is 6.18. The van der Waals surface area contributed by atoms with Gasteiger partial charge in [0.15, 0.2) is 0 Å². The van der Waals surface area contributed by atoms with Gasteiger partial charge in [-0.05, 0) is 24.1 Å². The molecule has 3 N–H and O–H groups in total. The van der Waals surface area contributed by atoms with Crippen molar-refractivity contribution in [3.05, 3.63) is 42.2 Å². The number of nitrogens with two attached hydrogens (primary N) is 1. The largest absolute Gasteiger partial charge is 0.511 e. The summed E-state index contributed by atoms with van der Waals surface area (Å²) in [6, 6.07) is 7.59. The SMILES string of the molecule is C=C(O)[C@@H](N)Cc1ccc(N(CCCl)CCCl)cc1. The van der Waals surface area contributed by atoms with E-state index in [-0.39, 0.29) is 5.76 Å². The predicted octanol–water partition coefficient (Wildman–Crippen LogP) is 2.91. The van der Waals surface area contributed by atoms with E-state index < -0.39 is 6.04 Å². The van der Waals surface area contributed by atoms with Gasteiger partial charge in [-0.2, -0.15) is 0 Å². The van der Waals surface area contributed by atoms with Crippen LogP contribution in [0.1, 0.15) is 5.56 Å². The maximum atomic E-state index is 9.21. The lowest BCUT2D eigenvalue weighted by Crippen LogP contribution is -2.27. The van der Waals surface area contributed by atoms with Crippen LogP contribution in [-0.4, -0.2) is 36.0 Å². The summed E-state index contributed by atoms with van der Waals surface area (Å²) in [5.74, 6) is 1.14. The highest BCUT2D eigenvalue weighted by atomic mass is 35.5. The molecule has 3 nitrogen and oxygen atoms in total. The molecule has 0 fully saturated rings. The van der Waals surface area contributed by atoms with Gasteiger partial charge in [0.2, 0.25) is 0 Å². The number of hydrogen-bond acceptors (Lipinski definition) is 3. The second-order valence-electron chi connectivity index (χ2n) is 4.33. The fourth-order valence-electron chi connectivity index (χ4n) is 1.79. The molecule has 0 aromatic heterocycles. The van der Waals surface area contributed by atoms with Gasteiger partial charge < -0.3 is 15.7 Å². The molecule has 0 aliphatic heterocycles. The number of alkyl halides is 2. The minimum absolute atomic E-state index is 0.00924. The summed E-state index contributed by atoms with van der Waals surface area (Å²) < 4.78 is 0. The zero-order valence-corrected chi connectivity index (χ0v) is 12.4. The van der Waals surface area contributed by atoms with Crippen LogP contribution < -0.4 is 10.6 Å². The third kappa shape index (κ3) is 5.31. The van der Waals surface area contributed by atoms with E-state index in [1.807, 2.05) is 24.3 Å². The molecule has 1 aromatic rings. The Morgan fingerprint density at radius 1 is 1.21 bits per heavy atom. The van der Waals surface area contributed by atoms with Gasteiger partial charge >= 0.3 is 0 Å². The van der Waals surface area contributed by atoms with Crippen LogP contribution >= 0.6 is 23.2 Å². The van der Waals surface area contributed by atoms with E-state index >= 15 is 0 Å². The van der Waals surface area contributed by atoms with Crippen LogP contribution in [0.25, 0.3) is 0 Å². The average molecular weight is 303 g/mol. The minimum atomic E-state index is -0.423. The molecule has 5 heteroatoms. The number of benzene rings is 1. The van der Waals surface area contributed by atoms with Gasteiger partial charge in [0.25, 0.3) is 0 Å². The zero-order chi connectivity index (χ0) is 14.3. The summed E-state index contributed by atoms with van der Waals surface area (Å²) >= 11 is 11.6. The normalized spacial score (nSPS) is 12.2. The number of halogens is 2. The maximum absolute atomic E-state index is 9.21. The van der Waals surface area contributed by atoms with Crippen LogP contribution in [-0.2, 0) is 6.42 Å². The van der Waals surface area contributed by atoms with Crippen molar-refractivity contribution in [2.75, 3.05) is 29.7 Å². The fourth-order valence-corrected chi connectivity index (χ4v) is 2.20. The molecule has 19 heavy (non-hydrogen) atoms. The van der Waals surface area contributed by atoms with E-state index in [0.717, 1.165) is 24.3 Å². The highest BCUT2D eigenvalue weighted by Crippen LogP contribution is 2.16. The van der Waals surface area contributed by atoms with Crippen molar-refractivity contribution in [3.8, 4) is 0 Å². The maximum Gasteiger partial charge on any atom is 0.102 e. The second-order valence-corrected chi connectivity index (χ2v) is 5.09. The minimum Gasteiger partial charge on any atom is -0.511 e. The molecule has 0 aliphatic rings. The Balaban J connectivity index is 2.71. The van der Waals surface area contributed by atoms with Crippen molar-refractivity contribution in [1.82, 2.24) is 0 Å². The second kappa shape index (κ2) is 8.31. The van der Waals surface area contributed by atoms with Crippen molar-refractivity contribution in [2.24, 2.45) is 5.73 Å². The van der Waals surface area contributed by atoms with Gasteiger partial charge in [0.1, 0.15) is 5.76 Å².